The van der Waals surface area contributed by atoms with Gasteiger partial charge in [-0.05, 0) is 24.1 Å². The topological polar surface area (TPSA) is 29.1 Å². The molecule has 4 heteroatoms. The highest BCUT2D eigenvalue weighted by atomic mass is 19.1. The Morgan fingerprint density at radius 1 is 1.15 bits per heavy atom. The molecule has 0 aliphatic carbocycles. The van der Waals surface area contributed by atoms with Crippen LogP contribution in [0.15, 0.2) is 48.5 Å². The summed E-state index contributed by atoms with van der Waals surface area (Å²) in [4.78, 5) is 12.2. The highest BCUT2D eigenvalue weighted by Crippen LogP contribution is 2.23. The Kier molecular flexibility index (Phi) is 4.45. The van der Waals surface area contributed by atoms with Crippen LogP contribution < -0.4 is 5.32 Å². The van der Waals surface area contributed by atoms with Gasteiger partial charge in [-0.15, -0.1) is 0 Å². The third kappa shape index (κ3) is 3.20. The molecule has 1 atom stereocenters. The Labute approximate surface area is 116 Å². The minimum Gasteiger partial charge on any atom is -0.323 e. The molecule has 0 saturated carbocycles. The molecule has 0 fully saturated rings. The molecule has 104 valence electrons. The van der Waals surface area contributed by atoms with E-state index in [0.717, 1.165) is 17.7 Å². The van der Waals surface area contributed by atoms with Crippen molar-refractivity contribution in [2.75, 3.05) is 5.32 Å². The third-order valence-electron chi connectivity index (χ3n) is 3.12. The molecule has 0 heterocycles. The van der Waals surface area contributed by atoms with Crippen molar-refractivity contribution >= 4 is 11.6 Å². The van der Waals surface area contributed by atoms with Gasteiger partial charge in [0.2, 0.25) is 5.91 Å². The summed E-state index contributed by atoms with van der Waals surface area (Å²) in [6.07, 6.45) is 0.596. The van der Waals surface area contributed by atoms with Crippen LogP contribution in [0.4, 0.5) is 14.5 Å². The summed E-state index contributed by atoms with van der Waals surface area (Å²) in [6.45, 7) is 1.89. The molecule has 0 aliphatic rings. The number of rotatable bonds is 4. The molecule has 0 saturated heterocycles. The van der Waals surface area contributed by atoms with E-state index < -0.39 is 11.6 Å². The Morgan fingerprint density at radius 3 is 2.45 bits per heavy atom. The summed E-state index contributed by atoms with van der Waals surface area (Å²) < 4.78 is 26.3. The number of hydrogen-bond acceptors (Lipinski definition) is 1. The lowest BCUT2D eigenvalue weighted by molar-refractivity contribution is -0.117. The lowest BCUT2D eigenvalue weighted by Gasteiger charge is -2.15. The summed E-state index contributed by atoms with van der Waals surface area (Å²) in [7, 11) is 0. The van der Waals surface area contributed by atoms with E-state index in [2.05, 4.69) is 5.32 Å². The summed E-state index contributed by atoms with van der Waals surface area (Å²) in [5.41, 5.74) is 0.862. The largest absolute Gasteiger partial charge is 0.323 e. The molecule has 0 bridgehead atoms. The number of amides is 1. The second kappa shape index (κ2) is 6.28. The predicted octanol–water partition coefficient (Wildman–Crippen LogP) is 4.10. The minimum absolute atomic E-state index is 0.00854. The van der Waals surface area contributed by atoms with Crippen LogP contribution in [0.25, 0.3) is 0 Å². The lowest BCUT2D eigenvalue weighted by atomic mass is 9.95. The summed E-state index contributed by atoms with van der Waals surface area (Å²) in [6, 6.07) is 12.4. The highest BCUT2D eigenvalue weighted by Gasteiger charge is 2.19. The van der Waals surface area contributed by atoms with Gasteiger partial charge in [-0.25, -0.2) is 8.78 Å². The van der Waals surface area contributed by atoms with Crippen molar-refractivity contribution in [1.82, 2.24) is 0 Å². The first-order valence-electron chi connectivity index (χ1n) is 6.42. The molecule has 2 rings (SSSR count). The number of halogens is 2. The van der Waals surface area contributed by atoms with Crippen molar-refractivity contribution in [1.29, 1.82) is 0 Å². The van der Waals surface area contributed by atoms with Gasteiger partial charge in [-0.2, -0.15) is 0 Å². The number of anilines is 1. The van der Waals surface area contributed by atoms with E-state index in [0.29, 0.717) is 6.42 Å². The van der Waals surface area contributed by atoms with E-state index in [9.17, 15) is 13.6 Å². The van der Waals surface area contributed by atoms with E-state index in [1.165, 1.54) is 6.07 Å². The van der Waals surface area contributed by atoms with Gasteiger partial charge in [0, 0.05) is 6.07 Å². The first-order valence-corrected chi connectivity index (χ1v) is 6.42. The standard InChI is InChI=1S/C16H15F2NO/c1-2-13(11-6-4-3-5-7-11)16(20)19-15-9-8-12(17)10-14(15)18/h3-10,13H,2H2,1H3,(H,19,20)/t13-/m0/s1. The fourth-order valence-electron chi connectivity index (χ4n) is 2.07. The Hall–Kier alpha value is -2.23. The average molecular weight is 275 g/mol. The molecule has 2 aromatic carbocycles. The zero-order valence-corrected chi connectivity index (χ0v) is 11.1. The molecule has 2 nitrogen and oxygen atoms in total. The van der Waals surface area contributed by atoms with E-state index in [1.807, 2.05) is 37.3 Å². The SMILES string of the molecule is CC[C@H](C(=O)Nc1ccc(F)cc1F)c1ccccc1. The van der Waals surface area contributed by atoms with Gasteiger partial charge in [-0.1, -0.05) is 37.3 Å². The van der Waals surface area contributed by atoms with Crippen LogP contribution in [0, 0.1) is 11.6 Å². The molecular formula is C16H15F2NO. The Morgan fingerprint density at radius 2 is 1.85 bits per heavy atom. The zero-order valence-electron chi connectivity index (χ0n) is 11.1. The second-order valence-corrected chi connectivity index (χ2v) is 4.48. The maximum Gasteiger partial charge on any atom is 0.231 e. The lowest BCUT2D eigenvalue weighted by Crippen LogP contribution is -2.21. The van der Waals surface area contributed by atoms with Crippen molar-refractivity contribution in [3.8, 4) is 0 Å². The summed E-state index contributed by atoms with van der Waals surface area (Å²) >= 11 is 0. The first kappa shape index (κ1) is 14.2. The van der Waals surface area contributed by atoms with Crippen LogP contribution in [0.5, 0.6) is 0 Å². The number of nitrogens with one attached hydrogen (secondary N) is 1. The van der Waals surface area contributed by atoms with Crippen LogP contribution in [0.1, 0.15) is 24.8 Å². The second-order valence-electron chi connectivity index (χ2n) is 4.48. The van der Waals surface area contributed by atoms with Crippen molar-refractivity contribution < 1.29 is 13.6 Å². The van der Waals surface area contributed by atoms with Crippen molar-refractivity contribution in [2.45, 2.75) is 19.3 Å². The smallest absolute Gasteiger partial charge is 0.231 e. The van der Waals surface area contributed by atoms with Gasteiger partial charge in [-0.3, -0.25) is 4.79 Å². The maximum atomic E-state index is 13.5. The highest BCUT2D eigenvalue weighted by molar-refractivity contribution is 5.95. The van der Waals surface area contributed by atoms with Crippen LogP contribution in [0.2, 0.25) is 0 Å². The summed E-state index contributed by atoms with van der Waals surface area (Å²) in [5, 5.41) is 2.51. The minimum atomic E-state index is -0.777. The van der Waals surface area contributed by atoms with E-state index in [-0.39, 0.29) is 17.5 Å². The molecule has 1 N–H and O–H groups in total. The first-order chi connectivity index (χ1) is 9.61. The Balaban J connectivity index is 2.18. The number of benzene rings is 2. The van der Waals surface area contributed by atoms with Gasteiger partial charge in [0.05, 0.1) is 11.6 Å². The average Bonchev–Trinajstić information content (AvgIpc) is 2.44. The summed E-state index contributed by atoms with van der Waals surface area (Å²) in [5.74, 6) is -2.11. The monoisotopic (exact) mass is 275 g/mol. The van der Waals surface area contributed by atoms with Crippen molar-refractivity contribution in [2.24, 2.45) is 0 Å². The van der Waals surface area contributed by atoms with Gasteiger partial charge >= 0.3 is 0 Å². The van der Waals surface area contributed by atoms with Crippen LogP contribution in [-0.4, -0.2) is 5.91 Å². The third-order valence-corrected chi connectivity index (χ3v) is 3.12. The van der Waals surface area contributed by atoms with Crippen LogP contribution >= 0.6 is 0 Å². The predicted molar refractivity (Wildman–Crippen MR) is 74.5 cm³/mol. The number of carbonyl (C=O) groups is 1. The fraction of sp³-hybridized carbons (Fsp3) is 0.188. The molecule has 0 aliphatic heterocycles. The normalized spacial score (nSPS) is 11.9. The number of hydrogen-bond donors (Lipinski definition) is 1. The number of carbonyl (C=O) groups excluding carboxylic acids is 1. The Bertz CT molecular complexity index is 599. The van der Waals surface area contributed by atoms with Crippen LogP contribution in [0.3, 0.4) is 0 Å². The van der Waals surface area contributed by atoms with Gasteiger partial charge in [0.1, 0.15) is 11.6 Å². The van der Waals surface area contributed by atoms with E-state index in [4.69, 9.17) is 0 Å². The quantitative estimate of drug-likeness (QED) is 0.894. The van der Waals surface area contributed by atoms with E-state index in [1.54, 1.807) is 0 Å². The molecule has 2 aromatic rings. The molecule has 0 unspecified atom stereocenters. The zero-order chi connectivity index (χ0) is 14.5. The van der Waals surface area contributed by atoms with Gasteiger partial charge in [0.15, 0.2) is 0 Å². The van der Waals surface area contributed by atoms with Crippen LogP contribution in [-0.2, 0) is 4.79 Å². The van der Waals surface area contributed by atoms with Gasteiger partial charge < -0.3 is 5.32 Å². The molecule has 0 aromatic heterocycles. The maximum absolute atomic E-state index is 13.5. The molecular weight excluding hydrogens is 260 g/mol. The van der Waals surface area contributed by atoms with E-state index >= 15 is 0 Å². The molecule has 1 amide bonds. The molecule has 0 spiro atoms. The molecule has 0 radical (unpaired) electrons. The van der Waals surface area contributed by atoms with Crippen molar-refractivity contribution in [3.05, 3.63) is 65.7 Å². The van der Waals surface area contributed by atoms with Gasteiger partial charge in [0.25, 0.3) is 0 Å². The fourth-order valence-corrected chi connectivity index (χ4v) is 2.07. The van der Waals surface area contributed by atoms with Crippen molar-refractivity contribution in [3.63, 3.8) is 0 Å². The molecule has 20 heavy (non-hydrogen) atoms.